The van der Waals surface area contributed by atoms with E-state index in [0.717, 1.165) is 11.3 Å². The third-order valence-corrected chi connectivity index (χ3v) is 2.83. The van der Waals surface area contributed by atoms with Crippen LogP contribution in [-0.2, 0) is 6.42 Å². The zero-order chi connectivity index (χ0) is 11.3. The molecule has 1 aliphatic rings. The van der Waals surface area contributed by atoms with E-state index in [2.05, 4.69) is 15.2 Å². The standard InChI is InChI=1S/C10H9N3O3/c14-5-3-4-1-2-11-7(4)8-6(5)9(10(15)16)13-12-8/h1-2,5,11,14H,3H2,(H,12,13)(H,15,16). The first-order chi connectivity index (χ1) is 7.68. The minimum absolute atomic E-state index is 0.0391. The van der Waals surface area contributed by atoms with Crippen LogP contribution in [-0.4, -0.2) is 31.4 Å². The van der Waals surface area contributed by atoms with Crippen LogP contribution in [0.4, 0.5) is 0 Å². The normalized spacial score (nSPS) is 17.9. The predicted octanol–water partition coefficient (Wildman–Crippen LogP) is 0.692. The van der Waals surface area contributed by atoms with Crippen molar-refractivity contribution < 1.29 is 15.0 Å². The number of aliphatic hydroxyl groups is 1. The molecule has 0 radical (unpaired) electrons. The van der Waals surface area contributed by atoms with Gasteiger partial charge in [-0.1, -0.05) is 0 Å². The maximum Gasteiger partial charge on any atom is 0.354 e. The van der Waals surface area contributed by atoms with Gasteiger partial charge in [0.15, 0.2) is 0 Å². The summed E-state index contributed by atoms with van der Waals surface area (Å²) in [4.78, 5) is 13.9. The molecule has 16 heavy (non-hydrogen) atoms. The van der Waals surface area contributed by atoms with Crippen molar-refractivity contribution in [3.8, 4) is 11.4 Å². The molecular weight excluding hydrogens is 210 g/mol. The van der Waals surface area contributed by atoms with Crippen molar-refractivity contribution in [3.05, 3.63) is 29.1 Å². The van der Waals surface area contributed by atoms with Gasteiger partial charge in [0.05, 0.1) is 11.8 Å². The van der Waals surface area contributed by atoms with E-state index in [4.69, 9.17) is 5.11 Å². The van der Waals surface area contributed by atoms with Crippen molar-refractivity contribution in [1.29, 1.82) is 0 Å². The quantitative estimate of drug-likeness (QED) is 0.566. The number of aromatic carboxylic acids is 1. The van der Waals surface area contributed by atoms with Crippen LogP contribution < -0.4 is 0 Å². The molecule has 0 aliphatic heterocycles. The lowest BCUT2D eigenvalue weighted by Crippen LogP contribution is -2.12. The number of hydrogen-bond acceptors (Lipinski definition) is 3. The lowest BCUT2D eigenvalue weighted by molar-refractivity contribution is 0.0682. The number of hydrogen-bond donors (Lipinski definition) is 4. The van der Waals surface area contributed by atoms with Crippen LogP contribution in [0.2, 0.25) is 0 Å². The Morgan fingerprint density at radius 2 is 2.38 bits per heavy atom. The molecule has 0 aromatic carbocycles. The molecule has 1 aliphatic carbocycles. The predicted molar refractivity (Wildman–Crippen MR) is 54.0 cm³/mol. The molecule has 0 fully saturated rings. The number of carboxylic acids is 1. The third-order valence-electron chi connectivity index (χ3n) is 2.83. The zero-order valence-electron chi connectivity index (χ0n) is 8.19. The van der Waals surface area contributed by atoms with Gasteiger partial charge in [-0.05, 0) is 11.6 Å². The van der Waals surface area contributed by atoms with Gasteiger partial charge in [-0.25, -0.2) is 4.79 Å². The first-order valence-electron chi connectivity index (χ1n) is 4.84. The molecule has 6 heteroatoms. The zero-order valence-corrected chi connectivity index (χ0v) is 8.19. The Hall–Kier alpha value is -2.08. The van der Waals surface area contributed by atoms with Crippen molar-refractivity contribution in [2.75, 3.05) is 0 Å². The van der Waals surface area contributed by atoms with Crippen molar-refractivity contribution in [1.82, 2.24) is 15.2 Å². The Labute approximate surface area is 89.9 Å². The molecule has 0 bridgehead atoms. The summed E-state index contributed by atoms with van der Waals surface area (Å²) in [5.74, 6) is -1.11. The number of fused-ring (bicyclic) bond motifs is 3. The van der Waals surface area contributed by atoms with E-state index in [-0.39, 0.29) is 5.69 Å². The minimum Gasteiger partial charge on any atom is -0.477 e. The van der Waals surface area contributed by atoms with E-state index in [1.165, 1.54) is 0 Å². The summed E-state index contributed by atoms with van der Waals surface area (Å²) >= 11 is 0. The number of rotatable bonds is 1. The molecule has 82 valence electrons. The van der Waals surface area contributed by atoms with E-state index in [1.807, 2.05) is 6.07 Å². The lowest BCUT2D eigenvalue weighted by Gasteiger charge is -2.17. The minimum atomic E-state index is -1.11. The average Bonchev–Trinajstić information content (AvgIpc) is 2.80. The Morgan fingerprint density at radius 1 is 1.56 bits per heavy atom. The van der Waals surface area contributed by atoms with Crippen LogP contribution in [0.25, 0.3) is 11.4 Å². The van der Waals surface area contributed by atoms with Crippen LogP contribution in [0.15, 0.2) is 12.3 Å². The van der Waals surface area contributed by atoms with E-state index in [9.17, 15) is 9.90 Å². The van der Waals surface area contributed by atoms with Crippen molar-refractivity contribution in [2.45, 2.75) is 12.5 Å². The summed E-state index contributed by atoms with van der Waals surface area (Å²) in [7, 11) is 0. The first kappa shape index (κ1) is 9.17. The van der Waals surface area contributed by atoms with Gasteiger partial charge in [-0.15, -0.1) is 0 Å². The number of nitrogens with zero attached hydrogens (tertiary/aromatic N) is 1. The second-order valence-corrected chi connectivity index (χ2v) is 3.76. The van der Waals surface area contributed by atoms with Crippen LogP contribution >= 0.6 is 0 Å². The van der Waals surface area contributed by atoms with Crippen LogP contribution in [0.1, 0.15) is 27.7 Å². The first-order valence-corrected chi connectivity index (χ1v) is 4.84. The largest absolute Gasteiger partial charge is 0.477 e. The van der Waals surface area contributed by atoms with Crippen LogP contribution in [0, 0.1) is 0 Å². The van der Waals surface area contributed by atoms with E-state index in [1.54, 1.807) is 6.20 Å². The summed E-state index contributed by atoms with van der Waals surface area (Å²) in [5, 5.41) is 25.3. The second-order valence-electron chi connectivity index (χ2n) is 3.76. The van der Waals surface area contributed by atoms with Gasteiger partial charge in [0, 0.05) is 18.2 Å². The summed E-state index contributed by atoms with van der Waals surface area (Å²) in [6.07, 6.45) is 1.34. The van der Waals surface area contributed by atoms with Gasteiger partial charge in [-0.2, -0.15) is 5.10 Å². The molecule has 2 aromatic rings. The molecular formula is C10H9N3O3. The summed E-state index contributed by atoms with van der Waals surface area (Å²) in [6.45, 7) is 0. The second kappa shape index (κ2) is 2.96. The van der Waals surface area contributed by atoms with Crippen LogP contribution in [0.5, 0.6) is 0 Å². The maximum absolute atomic E-state index is 10.9. The summed E-state index contributed by atoms with van der Waals surface area (Å²) in [5.41, 5.74) is 2.55. The highest BCUT2D eigenvalue weighted by atomic mass is 16.4. The number of aromatic amines is 2. The lowest BCUT2D eigenvalue weighted by atomic mass is 9.91. The number of carboxylic acid groups (broad SMARTS) is 1. The summed E-state index contributed by atoms with van der Waals surface area (Å²) in [6, 6.07) is 1.86. The fourth-order valence-corrected chi connectivity index (χ4v) is 2.13. The maximum atomic E-state index is 10.9. The van der Waals surface area contributed by atoms with Gasteiger partial charge in [0.1, 0.15) is 11.4 Å². The molecule has 1 atom stereocenters. The fraction of sp³-hybridized carbons (Fsp3) is 0.200. The fourth-order valence-electron chi connectivity index (χ4n) is 2.13. The molecule has 2 heterocycles. The van der Waals surface area contributed by atoms with Gasteiger partial charge in [-0.3, -0.25) is 5.10 Å². The molecule has 2 aromatic heterocycles. The number of H-pyrrole nitrogens is 2. The smallest absolute Gasteiger partial charge is 0.354 e. The van der Waals surface area contributed by atoms with Gasteiger partial charge >= 0.3 is 5.97 Å². The van der Waals surface area contributed by atoms with E-state index >= 15 is 0 Å². The Kier molecular flexibility index (Phi) is 1.69. The number of carbonyl (C=O) groups is 1. The molecule has 1 unspecified atom stereocenters. The Balaban J connectivity index is 2.27. The van der Waals surface area contributed by atoms with Crippen molar-refractivity contribution in [2.24, 2.45) is 0 Å². The third kappa shape index (κ3) is 1.04. The Bertz CT molecular complexity index is 570. The van der Waals surface area contributed by atoms with E-state index < -0.39 is 12.1 Å². The van der Waals surface area contributed by atoms with E-state index in [0.29, 0.717) is 17.7 Å². The SMILES string of the molecule is O=C(O)c1[nH]nc2c1C(O)Cc1cc[nH]c1-2. The average molecular weight is 219 g/mol. The molecule has 3 rings (SSSR count). The highest BCUT2D eigenvalue weighted by Gasteiger charge is 2.31. The van der Waals surface area contributed by atoms with Gasteiger partial charge in [0.2, 0.25) is 0 Å². The summed E-state index contributed by atoms with van der Waals surface area (Å²) < 4.78 is 0. The molecule has 4 N–H and O–H groups in total. The van der Waals surface area contributed by atoms with Crippen LogP contribution in [0.3, 0.4) is 0 Å². The molecule has 0 spiro atoms. The number of aliphatic hydroxyl groups excluding tert-OH is 1. The molecule has 0 saturated heterocycles. The molecule has 6 nitrogen and oxygen atoms in total. The number of aromatic nitrogens is 3. The molecule has 0 amide bonds. The van der Waals surface area contributed by atoms with Crippen molar-refractivity contribution >= 4 is 5.97 Å². The Morgan fingerprint density at radius 3 is 3.12 bits per heavy atom. The van der Waals surface area contributed by atoms with Gasteiger partial charge in [0.25, 0.3) is 0 Å². The van der Waals surface area contributed by atoms with Gasteiger partial charge < -0.3 is 15.2 Å². The molecule has 0 saturated carbocycles. The number of nitrogens with one attached hydrogen (secondary N) is 2. The monoisotopic (exact) mass is 219 g/mol. The topological polar surface area (TPSA) is 102 Å². The van der Waals surface area contributed by atoms with Crippen molar-refractivity contribution in [3.63, 3.8) is 0 Å². The highest BCUT2D eigenvalue weighted by molar-refractivity contribution is 5.90. The highest BCUT2D eigenvalue weighted by Crippen LogP contribution is 2.37.